The molecule has 0 spiro atoms. The molecule has 1 N–H and O–H groups in total. The van der Waals surface area contributed by atoms with Gasteiger partial charge in [-0.25, -0.2) is 9.67 Å². The van der Waals surface area contributed by atoms with Crippen molar-refractivity contribution in [2.45, 2.75) is 30.4 Å². The summed E-state index contributed by atoms with van der Waals surface area (Å²) in [5.41, 5.74) is 3.09. The van der Waals surface area contributed by atoms with Gasteiger partial charge in [0.15, 0.2) is 10.8 Å². The molecule has 5 aromatic rings. The molecular weight excluding hydrogens is 470 g/mol. The topological polar surface area (TPSA) is 83.9 Å². The van der Waals surface area contributed by atoms with Crippen LogP contribution in [-0.2, 0) is 17.9 Å². The lowest BCUT2D eigenvalue weighted by Crippen LogP contribution is -2.35. The third kappa shape index (κ3) is 5.23. The van der Waals surface area contributed by atoms with E-state index in [9.17, 15) is 9.59 Å². The molecular formula is C28H25N5O2S. The quantitative estimate of drug-likeness (QED) is 0.247. The van der Waals surface area contributed by atoms with Crippen LogP contribution in [0, 0.1) is 0 Å². The fourth-order valence-electron chi connectivity index (χ4n) is 4.01. The van der Waals surface area contributed by atoms with Gasteiger partial charge in [0.2, 0.25) is 5.91 Å². The monoisotopic (exact) mass is 495 g/mol. The summed E-state index contributed by atoms with van der Waals surface area (Å²) in [7, 11) is 0. The predicted molar refractivity (Wildman–Crippen MR) is 142 cm³/mol. The van der Waals surface area contributed by atoms with Gasteiger partial charge in [0, 0.05) is 13.1 Å². The number of rotatable bonds is 8. The van der Waals surface area contributed by atoms with E-state index in [2.05, 4.69) is 15.1 Å². The van der Waals surface area contributed by atoms with Crippen LogP contribution < -0.4 is 5.56 Å². The zero-order valence-electron chi connectivity index (χ0n) is 19.7. The van der Waals surface area contributed by atoms with Gasteiger partial charge in [-0.1, -0.05) is 90.6 Å². The van der Waals surface area contributed by atoms with E-state index in [0.717, 1.165) is 16.8 Å². The Morgan fingerprint density at radius 1 is 0.917 bits per heavy atom. The molecule has 0 saturated carbocycles. The van der Waals surface area contributed by atoms with E-state index in [0.29, 0.717) is 29.3 Å². The fraction of sp³-hybridized carbons (Fsp3) is 0.143. The summed E-state index contributed by atoms with van der Waals surface area (Å²) in [4.78, 5) is 35.7. The van der Waals surface area contributed by atoms with E-state index < -0.39 is 5.25 Å². The Bertz CT molecular complexity index is 1480. The summed E-state index contributed by atoms with van der Waals surface area (Å²) in [6, 6.07) is 29.4. The molecule has 0 aliphatic carbocycles. The Hall–Kier alpha value is -4.17. The van der Waals surface area contributed by atoms with Crippen molar-refractivity contribution in [1.29, 1.82) is 0 Å². The van der Waals surface area contributed by atoms with Crippen molar-refractivity contribution in [1.82, 2.24) is 24.6 Å². The number of H-pyrrole nitrogens is 1. The second kappa shape index (κ2) is 10.6. The lowest BCUT2D eigenvalue weighted by Gasteiger charge is -2.26. The van der Waals surface area contributed by atoms with E-state index in [1.165, 1.54) is 18.0 Å². The van der Waals surface area contributed by atoms with Crippen LogP contribution in [0.1, 0.15) is 18.1 Å². The Morgan fingerprint density at radius 2 is 1.47 bits per heavy atom. The third-order valence-corrected chi connectivity index (χ3v) is 6.77. The Labute approximate surface area is 212 Å². The van der Waals surface area contributed by atoms with Gasteiger partial charge in [0.25, 0.3) is 5.56 Å². The smallest absolute Gasteiger partial charge is 0.262 e. The predicted octanol–water partition coefficient (Wildman–Crippen LogP) is 4.82. The summed E-state index contributed by atoms with van der Waals surface area (Å²) in [6.45, 7) is 2.82. The summed E-state index contributed by atoms with van der Waals surface area (Å²) >= 11 is 1.24. The normalized spacial score (nSPS) is 11.9. The van der Waals surface area contributed by atoms with Gasteiger partial charge in [-0.2, -0.15) is 5.10 Å². The van der Waals surface area contributed by atoms with E-state index in [-0.39, 0.29) is 11.5 Å². The van der Waals surface area contributed by atoms with E-state index in [1.807, 2.05) is 103 Å². The van der Waals surface area contributed by atoms with Crippen molar-refractivity contribution in [2.75, 3.05) is 0 Å². The molecule has 1 atom stereocenters. The number of para-hydroxylation sites is 1. The Kier molecular flexibility index (Phi) is 6.95. The van der Waals surface area contributed by atoms with Gasteiger partial charge >= 0.3 is 0 Å². The lowest BCUT2D eigenvalue weighted by atomic mass is 10.1. The number of hydrogen-bond donors (Lipinski definition) is 1. The first kappa shape index (κ1) is 23.6. The van der Waals surface area contributed by atoms with Crippen molar-refractivity contribution >= 4 is 28.7 Å². The molecule has 0 bridgehead atoms. The molecule has 0 aliphatic heterocycles. The van der Waals surface area contributed by atoms with Crippen LogP contribution in [0.2, 0.25) is 0 Å². The molecule has 0 radical (unpaired) electrons. The molecule has 0 unspecified atom stereocenters. The number of nitrogens with one attached hydrogen (secondary N) is 1. The van der Waals surface area contributed by atoms with Crippen LogP contribution in [-0.4, -0.2) is 35.8 Å². The number of aromatic amines is 1. The van der Waals surface area contributed by atoms with E-state index >= 15 is 0 Å². The first-order valence-electron chi connectivity index (χ1n) is 11.7. The molecule has 180 valence electrons. The van der Waals surface area contributed by atoms with E-state index in [4.69, 9.17) is 0 Å². The van der Waals surface area contributed by atoms with Gasteiger partial charge in [0.1, 0.15) is 5.39 Å². The molecule has 0 saturated heterocycles. The molecule has 2 aromatic heterocycles. The summed E-state index contributed by atoms with van der Waals surface area (Å²) in [5, 5.41) is 4.67. The number of carbonyl (C=O) groups excluding carboxylic acids is 1. The van der Waals surface area contributed by atoms with Crippen LogP contribution in [0.3, 0.4) is 0 Å². The molecule has 5 rings (SSSR count). The highest BCUT2D eigenvalue weighted by Crippen LogP contribution is 2.24. The summed E-state index contributed by atoms with van der Waals surface area (Å²) in [5.74, 6) is -0.0352. The Balaban J connectivity index is 1.41. The van der Waals surface area contributed by atoms with Gasteiger partial charge in [-0.15, -0.1) is 0 Å². The van der Waals surface area contributed by atoms with Crippen molar-refractivity contribution in [3.63, 3.8) is 0 Å². The van der Waals surface area contributed by atoms with Crippen molar-refractivity contribution < 1.29 is 4.79 Å². The Morgan fingerprint density at radius 3 is 2.06 bits per heavy atom. The minimum atomic E-state index is -0.467. The zero-order valence-corrected chi connectivity index (χ0v) is 20.6. The molecule has 36 heavy (non-hydrogen) atoms. The minimum Gasteiger partial charge on any atom is -0.333 e. The number of fused-ring (bicyclic) bond motifs is 1. The molecule has 8 heteroatoms. The molecule has 1 amide bonds. The maximum absolute atomic E-state index is 13.6. The SMILES string of the molecule is C[C@@H](Sc1nc2c(cnn2-c2ccccc2)c(=O)[nH]1)C(=O)N(Cc1ccccc1)Cc1ccccc1. The van der Waals surface area contributed by atoms with Crippen LogP contribution >= 0.6 is 11.8 Å². The molecule has 3 aromatic carbocycles. The number of benzene rings is 3. The summed E-state index contributed by atoms with van der Waals surface area (Å²) < 4.78 is 1.64. The highest BCUT2D eigenvalue weighted by atomic mass is 32.2. The van der Waals surface area contributed by atoms with Gasteiger partial charge in [-0.05, 0) is 30.2 Å². The van der Waals surface area contributed by atoms with Crippen LogP contribution in [0.5, 0.6) is 0 Å². The fourth-order valence-corrected chi connectivity index (χ4v) is 4.88. The second-order valence-electron chi connectivity index (χ2n) is 8.43. The maximum Gasteiger partial charge on any atom is 0.262 e. The minimum absolute atomic E-state index is 0.0352. The van der Waals surface area contributed by atoms with Crippen molar-refractivity contribution in [3.05, 3.63) is 119 Å². The number of carbonyl (C=O) groups is 1. The highest BCUT2D eigenvalue weighted by Gasteiger charge is 2.24. The number of thioether (sulfide) groups is 1. The number of hydrogen-bond acceptors (Lipinski definition) is 5. The number of nitrogens with zero attached hydrogens (tertiary/aromatic N) is 4. The summed E-state index contributed by atoms with van der Waals surface area (Å²) in [6.07, 6.45) is 1.51. The van der Waals surface area contributed by atoms with Crippen LogP contribution in [0.25, 0.3) is 16.7 Å². The standard InChI is InChI=1S/C28H25N5O2S/c1-20(27(35)32(18-21-11-5-2-6-12-21)19-22-13-7-3-8-14-22)36-28-30-25-24(26(34)31-28)17-29-33(25)23-15-9-4-10-16-23/h2-17,20H,18-19H2,1H3,(H,30,31,34)/t20-/m1/s1. The first-order chi connectivity index (χ1) is 17.6. The van der Waals surface area contributed by atoms with Gasteiger partial charge in [-0.3, -0.25) is 9.59 Å². The van der Waals surface area contributed by atoms with E-state index in [1.54, 1.807) is 4.68 Å². The first-order valence-corrected chi connectivity index (χ1v) is 12.5. The van der Waals surface area contributed by atoms with Crippen molar-refractivity contribution in [2.24, 2.45) is 0 Å². The van der Waals surface area contributed by atoms with Crippen molar-refractivity contribution in [3.8, 4) is 5.69 Å². The highest BCUT2D eigenvalue weighted by molar-refractivity contribution is 8.00. The second-order valence-corrected chi connectivity index (χ2v) is 9.76. The average Bonchev–Trinajstić information content (AvgIpc) is 3.34. The zero-order chi connectivity index (χ0) is 24.9. The third-order valence-electron chi connectivity index (χ3n) is 5.80. The molecule has 7 nitrogen and oxygen atoms in total. The van der Waals surface area contributed by atoms with Crippen LogP contribution in [0.4, 0.5) is 0 Å². The van der Waals surface area contributed by atoms with Gasteiger partial charge in [0.05, 0.1) is 17.1 Å². The number of amides is 1. The van der Waals surface area contributed by atoms with Crippen LogP contribution in [0.15, 0.2) is 107 Å². The molecule has 0 fully saturated rings. The maximum atomic E-state index is 13.6. The molecule has 0 aliphatic rings. The average molecular weight is 496 g/mol. The molecule has 2 heterocycles. The van der Waals surface area contributed by atoms with Gasteiger partial charge < -0.3 is 9.88 Å². The lowest BCUT2D eigenvalue weighted by molar-refractivity contribution is -0.131. The largest absolute Gasteiger partial charge is 0.333 e. The number of aromatic nitrogens is 4.